The predicted molar refractivity (Wildman–Crippen MR) is 172 cm³/mol. The molecule has 0 saturated heterocycles. The van der Waals surface area contributed by atoms with Crippen molar-refractivity contribution in [2.24, 2.45) is 0 Å². The van der Waals surface area contributed by atoms with Crippen LogP contribution in [-0.4, -0.2) is 16.3 Å². The van der Waals surface area contributed by atoms with Crippen LogP contribution in [0.3, 0.4) is 0 Å². The van der Waals surface area contributed by atoms with Crippen LogP contribution in [0.25, 0.3) is 22.4 Å². The Morgan fingerprint density at radius 2 is 1.32 bits per heavy atom. The van der Waals surface area contributed by atoms with Gasteiger partial charge in [-0.3, -0.25) is 0 Å². The van der Waals surface area contributed by atoms with Crippen molar-refractivity contribution < 1.29 is 0 Å². The van der Waals surface area contributed by atoms with Gasteiger partial charge in [-0.1, -0.05) is 0 Å². The van der Waals surface area contributed by atoms with Gasteiger partial charge in [0.15, 0.2) is 0 Å². The third-order valence-electron chi connectivity index (χ3n) is 10.2. The summed E-state index contributed by atoms with van der Waals surface area (Å²) in [6.45, 7) is 5.04. The second-order valence-corrected chi connectivity index (χ2v) is 16.2. The van der Waals surface area contributed by atoms with E-state index in [2.05, 4.69) is 152 Å². The van der Waals surface area contributed by atoms with E-state index in [9.17, 15) is 0 Å². The van der Waals surface area contributed by atoms with E-state index in [0.717, 1.165) is 17.5 Å². The number of allylic oxidation sites excluding steroid dienone is 3. The van der Waals surface area contributed by atoms with Crippen LogP contribution in [0.4, 0.5) is 0 Å². The van der Waals surface area contributed by atoms with Gasteiger partial charge in [-0.2, -0.15) is 0 Å². The van der Waals surface area contributed by atoms with Crippen LogP contribution in [0.1, 0.15) is 34.9 Å². The molecule has 1 unspecified atom stereocenters. The summed E-state index contributed by atoms with van der Waals surface area (Å²) >= 11 is 0. The number of hydrogen-bond donors (Lipinski definition) is 0. The quantitative estimate of drug-likeness (QED) is 0.182. The van der Waals surface area contributed by atoms with Gasteiger partial charge in [-0.15, -0.1) is 0 Å². The second-order valence-electron chi connectivity index (χ2n) is 12.3. The molecule has 2 bridgehead atoms. The standard InChI is InChI=1S/C38H31N2P/c1-37-24-12-23-36-38(30-17-7-5-15-28(30)29-16-6-8-18-31(29)38)35-22-11-20-33(39-35)27-14-4-3-13-26(27)25-41(2,40(36)37)34-21-10-9-19-32(34)37/h3-24,41H,25H2,1-2H3. The van der Waals surface area contributed by atoms with E-state index in [1.165, 1.54) is 44.6 Å². The molecule has 0 radical (unpaired) electrons. The van der Waals surface area contributed by atoms with Crippen molar-refractivity contribution >= 4 is 12.7 Å². The SMILES string of the molecule is CC12C=CC=C3N1[PH](C)(Cc1ccccc1-c1cccc(n1)C31c3ccccc3-c3ccccc31)c1ccccc12. The molecule has 0 amide bonds. The van der Waals surface area contributed by atoms with Crippen molar-refractivity contribution in [3.8, 4) is 22.4 Å². The Morgan fingerprint density at radius 3 is 2.07 bits per heavy atom. The molecule has 2 nitrogen and oxygen atoms in total. The van der Waals surface area contributed by atoms with Crippen LogP contribution in [-0.2, 0) is 17.1 Å². The van der Waals surface area contributed by atoms with E-state index in [0.29, 0.717) is 0 Å². The van der Waals surface area contributed by atoms with Gasteiger partial charge in [0.1, 0.15) is 0 Å². The molecular weight excluding hydrogens is 515 g/mol. The number of nitrogens with zero attached hydrogens (tertiary/aromatic N) is 2. The molecule has 4 heterocycles. The van der Waals surface area contributed by atoms with Gasteiger partial charge in [-0.25, -0.2) is 0 Å². The van der Waals surface area contributed by atoms with Gasteiger partial charge in [-0.05, 0) is 0 Å². The summed E-state index contributed by atoms with van der Waals surface area (Å²) < 4.78 is 2.90. The van der Waals surface area contributed by atoms with Crippen LogP contribution in [0.15, 0.2) is 139 Å². The summed E-state index contributed by atoms with van der Waals surface area (Å²) in [7, 11) is -2.36. The summed E-state index contributed by atoms with van der Waals surface area (Å²) in [5.74, 6) is 0. The molecule has 1 spiro atoms. The van der Waals surface area contributed by atoms with Crippen molar-refractivity contribution in [1.82, 2.24) is 9.65 Å². The maximum absolute atomic E-state index is 5.59. The fourth-order valence-electron chi connectivity index (χ4n) is 8.70. The first-order valence-corrected chi connectivity index (χ1v) is 17.3. The predicted octanol–water partition coefficient (Wildman–Crippen LogP) is 8.18. The third-order valence-corrected chi connectivity index (χ3v) is 14.6. The first-order valence-electron chi connectivity index (χ1n) is 14.6. The Kier molecular flexibility index (Phi) is 4.54. The van der Waals surface area contributed by atoms with Crippen LogP contribution in [0.5, 0.6) is 0 Å². The minimum absolute atomic E-state index is 0.243. The fourth-order valence-corrected chi connectivity index (χ4v) is 13.7. The van der Waals surface area contributed by atoms with E-state index in [1.54, 1.807) is 5.30 Å². The van der Waals surface area contributed by atoms with Crippen molar-refractivity contribution in [1.29, 1.82) is 0 Å². The molecule has 9 rings (SSSR count). The number of benzene rings is 4. The molecule has 3 heteroatoms. The molecule has 1 atom stereocenters. The first-order chi connectivity index (χ1) is 20.1. The molecule has 198 valence electrons. The molecule has 4 aliphatic rings. The average molecular weight is 547 g/mol. The van der Waals surface area contributed by atoms with Crippen molar-refractivity contribution in [2.45, 2.75) is 24.0 Å². The molecular formula is C38H31N2P. The molecule has 4 aromatic carbocycles. The Morgan fingerprint density at radius 1 is 0.683 bits per heavy atom. The van der Waals surface area contributed by atoms with Gasteiger partial charge in [0, 0.05) is 0 Å². The summed E-state index contributed by atoms with van der Waals surface area (Å²) in [6, 6.07) is 43.0. The van der Waals surface area contributed by atoms with Crippen LogP contribution < -0.4 is 5.30 Å². The van der Waals surface area contributed by atoms with Crippen molar-refractivity contribution in [2.75, 3.05) is 6.66 Å². The molecule has 1 aliphatic carbocycles. The number of fused-ring (bicyclic) bond motifs is 14. The third kappa shape index (κ3) is 2.75. The number of aromatic nitrogens is 1. The summed E-state index contributed by atoms with van der Waals surface area (Å²) in [6.07, 6.45) is 8.19. The van der Waals surface area contributed by atoms with E-state index in [-0.39, 0.29) is 5.54 Å². The molecule has 1 aromatic heterocycles. The molecule has 5 aromatic rings. The molecule has 41 heavy (non-hydrogen) atoms. The summed E-state index contributed by atoms with van der Waals surface area (Å²) in [5.41, 5.74) is 12.1. The maximum atomic E-state index is 5.59. The van der Waals surface area contributed by atoms with Crippen LogP contribution in [0.2, 0.25) is 0 Å². The molecule has 0 saturated carbocycles. The number of pyridine rings is 1. The van der Waals surface area contributed by atoms with E-state index in [4.69, 9.17) is 4.98 Å². The zero-order chi connectivity index (χ0) is 27.4. The Hall–Kier alpha value is -4.26. The summed E-state index contributed by atoms with van der Waals surface area (Å²) in [5, 5.41) is 1.54. The molecule has 0 N–H and O–H groups in total. The Bertz CT molecular complexity index is 1940. The van der Waals surface area contributed by atoms with Crippen LogP contribution in [0, 0.1) is 0 Å². The topological polar surface area (TPSA) is 16.1 Å². The summed E-state index contributed by atoms with van der Waals surface area (Å²) in [4.78, 5) is 5.59. The second kappa shape index (κ2) is 7.93. The monoisotopic (exact) mass is 546 g/mol. The number of hydrogen-bond acceptors (Lipinski definition) is 2. The van der Waals surface area contributed by atoms with Gasteiger partial charge in [0.25, 0.3) is 0 Å². The van der Waals surface area contributed by atoms with Gasteiger partial charge in [0.2, 0.25) is 0 Å². The van der Waals surface area contributed by atoms with Gasteiger partial charge in [0.05, 0.1) is 0 Å². The Balaban J connectivity index is 1.50. The van der Waals surface area contributed by atoms with Gasteiger partial charge < -0.3 is 0 Å². The number of rotatable bonds is 0. The molecule has 3 aliphatic heterocycles. The van der Waals surface area contributed by atoms with Crippen LogP contribution >= 0.6 is 7.41 Å². The van der Waals surface area contributed by atoms with E-state index < -0.39 is 12.8 Å². The fraction of sp³-hybridized carbons (Fsp3) is 0.132. The van der Waals surface area contributed by atoms with E-state index >= 15 is 0 Å². The average Bonchev–Trinajstić information content (AvgIpc) is 3.42. The van der Waals surface area contributed by atoms with Crippen molar-refractivity contribution in [3.63, 3.8) is 0 Å². The van der Waals surface area contributed by atoms with Crippen molar-refractivity contribution in [3.05, 3.63) is 167 Å². The Labute approximate surface area is 242 Å². The normalized spacial score (nSPS) is 22.1. The van der Waals surface area contributed by atoms with E-state index in [1.807, 2.05) is 0 Å². The first kappa shape index (κ1) is 23.4. The zero-order valence-electron chi connectivity index (χ0n) is 23.3. The van der Waals surface area contributed by atoms with Gasteiger partial charge >= 0.3 is 243 Å². The zero-order valence-corrected chi connectivity index (χ0v) is 24.3. The minimum atomic E-state index is -2.36. The molecule has 0 fully saturated rings.